The monoisotopic (exact) mass is 368 g/mol. The first kappa shape index (κ1) is 18.1. The standard InChI is InChI=1S/C17H18Cl2N2OS/c1-21(10-12-6-8-13(23-2)9-7-12)11-16(22)20-15-5-3-4-14(18)17(15)19/h3-9H,10-11H2,1-2H3,(H,20,22). The van der Waals surface area contributed by atoms with Gasteiger partial charge in [-0.1, -0.05) is 41.4 Å². The SMILES string of the molecule is CSc1ccc(CN(C)CC(=O)Nc2cccc(Cl)c2Cl)cc1. The smallest absolute Gasteiger partial charge is 0.238 e. The zero-order chi connectivity index (χ0) is 16.8. The molecule has 6 heteroatoms. The fourth-order valence-electron chi connectivity index (χ4n) is 2.13. The number of likely N-dealkylation sites (N-methyl/N-ethyl adjacent to an activating group) is 1. The second kappa shape index (κ2) is 8.60. The first-order valence-electron chi connectivity index (χ1n) is 7.05. The lowest BCUT2D eigenvalue weighted by atomic mass is 10.2. The molecule has 0 atom stereocenters. The number of halogens is 2. The van der Waals surface area contributed by atoms with Gasteiger partial charge >= 0.3 is 0 Å². The highest BCUT2D eigenvalue weighted by atomic mass is 35.5. The van der Waals surface area contributed by atoms with Gasteiger partial charge in [0.25, 0.3) is 0 Å². The molecule has 0 bridgehead atoms. The molecule has 0 aliphatic rings. The lowest BCUT2D eigenvalue weighted by Crippen LogP contribution is -2.29. The van der Waals surface area contributed by atoms with E-state index in [1.807, 2.05) is 18.2 Å². The number of carbonyl (C=O) groups excluding carboxylic acids is 1. The number of rotatable bonds is 6. The van der Waals surface area contributed by atoms with E-state index in [9.17, 15) is 4.79 Å². The van der Waals surface area contributed by atoms with Crippen LogP contribution in [0.15, 0.2) is 47.4 Å². The molecule has 2 aromatic carbocycles. The van der Waals surface area contributed by atoms with Crippen LogP contribution in [-0.2, 0) is 11.3 Å². The van der Waals surface area contributed by atoms with Crippen molar-refractivity contribution in [3.63, 3.8) is 0 Å². The van der Waals surface area contributed by atoms with Gasteiger partial charge in [0.15, 0.2) is 0 Å². The van der Waals surface area contributed by atoms with Crippen LogP contribution < -0.4 is 5.32 Å². The maximum absolute atomic E-state index is 12.1. The average molecular weight is 369 g/mol. The summed E-state index contributed by atoms with van der Waals surface area (Å²) in [6.45, 7) is 0.971. The Bertz CT molecular complexity index is 677. The molecule has 23 heavy (non-hydrogen) atoms. The third-order valence-corrected chi connectivity index (χ3v) is 4.81. The van der Waals surface area contributed by atoms with Gasteiger partial charge in [0.05, 0.1) is 22.3 Å². The van der Waals surface area contributed by atoms with Crippen molar-refractivity contribution >= 4 is 46.6 Å². The van der Waals surface area contributed by atoms with E-state index in [0.29, 0.717) is 22.3 Å². The Hall–Kier alpha value is -1.20. The summed E-state index contributed by atoms with van der Waals surface area (Å²) < 4.78 is 0. The molecule has 1 amide bonds. The molecule has 0 fully saturated rings. The Balaban J connectivity index is 1.90. The molecule has 0 spiro atoms. The first-order valence-corrected chi connectivity index (χ1v) is 9.03. The highest BCUT2D eigenvalue weighted by molar-refractivity contribution is 7.98. The molecule has 0 heterocycles. The Labute approximate surface area is 151 Å². The molecule has 3 nitrogen and oxygen atoms in total. The number of benzene rings is 2. The average Bonchev–Trinajstić information content (AvgIpc) is 2.52. The molecule has 0 aliphatic carbocycles. The van der Waals surface area contributed by atoms with E-state index in [2.05, 4.69) is 29.6 Å². The van der Waals surface area contributed by atoms with Crippen LogP contribution in [0.1, 0.15) is 5.56 Å². The summed E-state index contributed by atoms with van der Waals surface area (Å²) in [7, 11) is 1.90. The third-order valence-electron chi connectivity index (χ3n) is 3.25. The largest absolute Gasteiger partial charge is 0.324 e. The maximum Gasteiger partial charge on any atom is 0.238 e. The van der Waals surface area contributed by atoms with Gasteiger partial charge in [0.1, 0.15) is 0 Å². The van der Waals surface area contributed by atoms with E-state index < -0.39 is 0 Å². The Morgan fingerprint density at radius 1 is 1.17 bits per heavy atom. The van der Waals surface area contributed by atoms with Crippen LogP contribution in [0.5, 0.6) is 0 Å². The summed E-state index contributed by atoms with van der Waals surface area (Å²) >= 11 is 13.7. The second-order valence-corrected chi connectivity index (χ2v) is 6.83. The predicted octanol–water partition coefficient (Wildman–Crippen LogP) is 4.79. The number of nitrogens with one attached hydrogen (secondary N) is 1. The molecule has 0 aliphatic heterocycles. The topological polar surface area (TPSA) is 32.3 Å². The lowest BCUT2D eigenvalue weighted by molar-refractivity contribution is -0.117. The van der Waals surface area contributed by atoms with E-state index in [1.54, 1.807) is 30.0 Å². The Morgan fingerprint density at radius 3 is 2.52 bits per heavy atom. The molecular formula is C17H18Cl2N2OS. The third kappa shape index (κ3) is 5.43. The molecule has 2 aromatic rings. The number of anilines is 1. The van der Waals surface area contributed by atoms with Crippen LogP contribution >= 0.6 is 35.0 Å². The number of carbonyl (C=O) groups is 1. The van der Waals surface area contributed by atoms with Gasteiger partial charge < -0.3 is 5.32 Å². The van der Waals surface area contributed by atoms with E-state index in [1.165, 1.54) is 10.5 Å². The van der Waals surface area contributed by atoms with Crippen molar-refractivity contribution in [3.05, 3.63) is 58.1 Å². The molecule has 0 saturated heterocycles. The van der Waals surface area contributed by atoms with E-state index in [-0.39, 0.29) is 12.5 Å². The van der Waals surface area contributed by atoms with Crippen molar-refractivity contribution in [2.75, 3.05) is 25.2 Å². The van der Waals surface area contributed by atoms with Gasteiger partial charge in [0, 0.05) is 11.4 Å². The summed E-state index contributed by atoms with van der Waals surface area (Å²) in [4.78, 5) is 15.3. The molecule has 0 aromatic heterocycles. The zero-order valence-corrected chi connectivity index (χ0v) is 15.3. The van der Waals surface area contributed by atoms with Crippen LogP contribution in [0.4, 0.5) is 5.69 Å². The number of hydrogen-bond acceptors (Lipinski definition) is 3. The van der Waals surface area contributed by atoms with E-state index >= 15 is 0 Å². The minimum Gasteiger partial charge on any atom is -0.324 e. The molecule has 2 rings (SSSR count). The van der Waals surface area contributed by atoms with E-state index in [0.717, 1.165) is 0 Å². The second-order valence-electron chi connectivity index (χ2n) is 5.17. The van der Waals surface area contributed by atoms with Crippen LogP contribution in [0.25, 0.3) is 0 Å². The van der Waals surface area contributed by atoms with Gasteiger partial charge in [-0.2, -0.15) is 0 Å². The number of amides is 1. The van der Waals surface area contributed by atoms with Crippen molar-refractivity contribution in [3.8, 4) is 0 Å². The highest BCUT2D eigenvalue weighted by Gasteiger charge is 2.11. The number of nitrogens with zero attached hydrogens (tertiary/aromatic N) is 1. The summed E-state index contributed by atoms with van der Waals surface area (Å²) in [5.74, 6) is -0.127. The minimum atomic E-state index is -0.127. The summed E-state index contributed by atoms with van der Waals surface area (Å²) in [6, 6.07) is 13.5. The maximum atomic E-state index is 12.1. The van der Waals surface area contributed by atoms with E-state index in [4.69, 9.17) is 23.2 Å². The predicted molar refractivity (Wildman–Crippen MR) is 99.6 cm³/mol. The Kier molecular flexibility index (Phi) is 6.78. The quantitative estimate of drug-likeness (QED) is 0.744. The van der Waals surface area contributed by atoms with Crippen LogP contribution in [-0.4, -0.2) is 30.7 Å². The van der Waals surface area contributed by atoms with Gasteiger partial charge in [-0.25, -0.2) is 0 Å². The Morgan fingerprint density at radius 2 is 1.87 bits per heavy atom. The summed E-state index contributed by atoms with van der Waals surface area (Å²) in [5, 5.41) is 3.57. The van der Waals surface area contributed by atoms with Gasteiger partial charge in [-0.3, -0.25) is 9.69 Å². The molecule has 1 N–H and O–H groups in total. The molecule has 0 saturated carbocycles. The highest BCUT2D eigenvalue weighted by Crippen LogP contribution is 2.29. The van der Waals surface area contributed by atoms with Crippen LogP contribution in [0.3, 0.4) is 0 Å². The van der Waals surface area contributed by atoms with Crippen molar-refractivity contribution in [1.82, 2.24) is 4.90 Å². The van der Waals surface area contributed by atoms with Crippen molar-refractivity contribution in [2.45, 2.75) is 11.4 Å². The molecule has 122 valence electrons. The lowest BCUT2D eigenvalue weighted by Gasteiger charge is -2.17. The van der Waals surface area contributed by atoms with Crippen LogP contribution in [0.2, 0.25) is 10.0 Å². The number of hydrogen-bond donors (Lipinski definition) is 1. The molecular weight excluding hydrogens is 351 g/mol. The van der Waals surface area contributed by atoms with Crippen molar-refractivity contribution in [1.29, 1.82) is 0 Å². The normalized spacial score (nSPS) is 10.8. The van der Waals surface area contributed by atoms with Crippen LogP contribution in [0, 0.1) is 0 Å². The first-order chi connectivity index (χ1) is 11.0. The summed E-state index contributed by atoms with van der Waals surface area (Å²) in [6.07, 6.45) is 2.05. The van der Waals surface area contributed by atoms with Gasteiger partial charge in [-0.15, -0.1) is 11.8 Å². The summed E-state index contributed by atoms with van der Waals surface area (Å²) in [5.41, 5.74) is 1.70. The van der Waals surface area contributed by atoms with Crippen molar-refractivity contribution < 1.29 is 4.79 Å². The molecule has 0 unspecified atom stereocenters. The van der Waals surface area contributed by atoms with Gasteiger partial charge in [-0.05, 0) is 43.1 Å². The minimum absolute atomic E-state index is 0.127. The fourth-order valence-corrected chi connectivity index (χ4v) is 2.89. The number of thioether (sulfide) groups is 1. The van der Waals surface area contributed by atoms with Gasteiger partial charge in [0.2, 0.25) is 5.91 Å². The molecule has 0 radical (unpaired) electrons. The zero-order valence-electron chi connectivity index (χ0n) is 13.0. The fraction of sp³-hybridized carbons (Fsp3) is 0.235. The van der Waals surface area contributed by atoms with Crippen molar-refractivity contribution in [2.24, 2.45) is 0 Å².